The van der Waals surface area contributed by atoms with Crippen LogP contribution in [0.3, 0.4) is 0 Å². The number of aryl methyl sites for hydroxylation is 1. The molecule has 6 heteroatoms. The van der Waals surface area contributed by atoms with Crippen LogP contribution in [0.2, 0.25) is 0 Å². The average molecular weight is 308 g/mol. The summed E-state index contributed by atoms with van der Waals surface area (Å²) in [6.07, 6.45) is 7.46. The third kappa shape index (κ3) is 5.67. The summed E-state index contributed by atoms with van der Waals surface area (Å²) in [6.45, 7) is 8.22. The molecule has 0 aliphatic carbocycles. The average Bonchev–Trinajstić information content (AvgIpc) is 2.95. The number of H-pyrrole nitrogens is 1. The molecule has 0 atom stereocenters. The van der Waals surface area contributed by atoms with Gasteiger partial charge in [-0.2, -0.15) is 0 Å². The SMILES string of the molecule is CC(C)(C)OC(=O)N1CCC(NCCCc2ncc[nH]2)CC1. The van der Waals surface area contributed by atoms with E-state index in [1.807, 2.05) is 31.9 Å². The first-order valence-electron chi connectivity index (χ1n) is 8.13. The summed E-state index contributed by atoms with van der Waals surface area (Å²) < 4.78 is 5.41. The Labute approximate surface area is 132 Å². The van der Waals surface area contributed by atoms with Crippen molar-refractivity contribution in [1.82, 2.24) is 20.2 Å². The third-order valence-corrected chi connectivity index (χ3v) is 3.72. The van der Waals surface area contributed by atoms with Crippen molar-refractivity contribution in [3.8, 4) is 0 Å². The van der Waals surface area contributed by atoms with E-state index >= 15 is 0 Å². The van der Waals surface area contributed by atoms with E-state index in [-0.39, 0.29) is 6.09 Å². The number of nitrogens with zero attached hydrogens (tertiary/aromatic N) is 2. The summed E-state index contributed by atoms with van der Waals surface area (Å²) >= 11 is 0. The van der Waals surface area contributed by atoms with E-state index in [0.29, 0.717) is 6.04 Å². The Hall–Kier alpha value is -1.56. The number of nitrogens with one attached hydrogen (secondary N) is 2. The molecular formula is C16H28N4O2. The smallest absolute Gasteiger partial charge is 0.410 e. The zero-order valence-corrected chi connectivity index (χ0v) is 13.9. The van der Waals surface area contributed by atoms with Gasteiger partial charge in [-0.1, -0.05) is 0 Å². The van der Waals surface area contributed by atoms with Gasteiger partial charge in [-0.3, -0.25) is 0 Å². The van der Waals surface area contributed by atoms with Gasteiger partial charge >= 0.3 is 6.09 Å². The molecule has 1 aliphatic heterocycles. The molecule has 1 aliphatic rings. The number of aromatic nitrogens is 2. The van der Waals surface area contributed by atoms with Gasteiger partial charge in [0.25, 0.3) is 0 Å². The summed E-state index contributed by atoms with van der Waals surface area (Å²) in [6, 6.07) is 0.496. The fourth-order valence-corrected chi connectivity index (χ4v) is 2.59. The summed E-state index contributed by atoms with van der Waals surface area (Å²) in [5.41, 5.74) is -0.419. The number of hydrogen-bond acceptors (Lipinski definition) is 4. The maximum absolute atomic E-state index is 12.0. The predicted octanol–water partition coefficient (Wildman–Crippen LogP) is 2.33. The van der Waals surface area contributed by atoms with E-state index in [1.54, 1.807) is 6.20 Å². The molecule has 1 saturated heterocycles. The van der Waals surface area contributed by atoms with Crippen molar-refractivity contribution in [2.24, 2.45) is 0 Å². The maximum atomic E-state index is 12.0. The second kappa shape index (κ2) is 7.63. The molecule has 0 saturated carbocycles. The minimum atomic E-state index is -0.419. The standard InChI is InChI=1S/C16H28N4O2/c1-16(2,3)22-15(21)20-11-6-13(7-12-20)17-8-4-5-14-18-9-10-19-14/h9-10,13,17H,4-8,11-12H2,1-3H3,(H,18,19). The van der Waals surface area contributed by atoms with Crippen LogP contribution in [0.1, 0.15) is 45.9 Å². The molecule has 0 aromatic carbocycles. The fraction of sp³-hybridized carbons (Fsp3) is 0.750. The van der Waals surface area contributed by atoms with E-state index in [4.69, 9.17) is 4.74 Å². The van der Waals surface area contributed by atoms with E-state index in [0.717, 1.165) is 51.1 Å². The molecule has 1 aromatic rings. The maximum Gasteiger partial charge on any atom is 0.410 e. The highest BCUT2D eigenvalue weighted by molar-refractivity contribution is 5.68. The van der Waals surface area contributed by atoms with Gasteiger partial charge in [0.1, 0.15) is 11.4 Å². The minimum Gasteiger partial charge on any atom is -0.444 e. The Morgan fingerprint density at radius 1 is 1.45 bits per heavy atom. The van der Waals surface area contributed by atoms with Gasteiger partial charge < -0.3 is 19.9 Å². The van der Waals surface area contributed by atoms with E-state index in [2.05, 4.69) is 15.3 Å². The molecule has 1 aromatic heterocycles. The second-order valence-corrected chi connectivity index (χ2v) is 6.84. The van der Waals surface area contributed by atoms with Crippen LogP contribution in [0.25, 0.3) is 0 Å². The lowest BCUT2D eigenvalue weighted by molar-refractivity contribution is 0.0198. The van der Waals surface area contributed by atoms with Gasteiger partial charge in [0.2, 0.25) is 0 Å². The first-order chi connectivity index (χ1) is 10.4. The normalized spacial score (nSPS) is 16.8. The number of rotatable bonds is 5. The number of imidazole rings is 1. The fourth-order valence-electron chi connectivity index (χ4n) is 2.59. The molecule has 0 radical (unpaired) electrons. The van der Waals surface area contributed by atoms with E-state index < -0.39 is 5.60 Å². The number of likely N-dealkylation sites (tertiary alicyclic amines) is 1. The number of carbonyl (C=O) groups excluding carboxylic acids is 1. The van der Waals surface area contributed by atoms with Crippen LogP contribution in [0.15, 0.2) is 12.4 Å². The second-order valence-electron chi connectivity index (χ2n) is 6.84. The lowest BCUT2D eigenvalue weighted by atomic mass is 10.1. The molecule has 0 unspecified atom stereocenters. The van der Waals surface area contributed by atoms with Crippen molar-refractivity contribution >= 4 is 6.09 Å². The molecule has 22 heavy (non-hydrogen) atoms. The van der Waals surface area contributed by atoms with Gasteiger partial charge in [0.15, 0.2) is 0 Å². The summed E-state index contributed by atoms with van der Waals surface area (Å²) in [5.74, 6) is 1.04. The van der Waals surface area contributed by atoms with Crippen LogP contribution in [0.5, 0.6) is 0 Å². The van der Waals surface area contributed by atoms with E-state index in [9.17, 15) is 4.79 Å². The molecule has 124 valence electrons. The van der Waals surface area contributed by atoms with Crippen molar-refractivity contribution in [3.63, 3.8) is 0 Å². The van der Waals surface area contributed by atoms with Crippen LogP contribution in [-0.2, 0) is 11.2 Å². The van der Waals surface area contributed by atoms with Crippen molar-refractivity contribution < 1.29 is 9.53 Å². The van der Waals surface area contributed by atoms with Crippen molar-refractivity contribution in [2.75, 3.05) is 19.6 Å². The Balaban J connectivity index is 1.59. The zero-order valence-electron chi connectivity index (χ0n) is 13.9. The molecule has 6 nitrogen and oxygen atoms in total. The lowest BCUT2D eigenvalue weighted by Gasteiger charge is -2.33. The summed E-state index contributed by atoms with van der Waals surface area (Å²) in [4.78, 5) is 21.1. The Morgan fingerprint density at radius 2 is 2.18 bits per heavy atom. The van der Waals surface area contributed by atoms with Crippen LogP contribution in [0, 0.1) is 0 Å². The number of carbonyl (C=O) groups is 1. The van der Waals surface area contributed by atoms with Crippen molar-refractivity contribution in [3.05, 3.63) is 18.2 Å². The third-order valence-electron chi connectivity index (χ3n) is 3.72. The first kappa shape index (κ1) is 16.8. The molecular weight excluding hydrogens is 280 g/mol. The van der Waals surface area contributed by atoms with Gasteiger partial charge in [0, 0.05) is 37.9 Å². The Bertz CT molecular complexity index is 445. The minimum absolute atomic E-state index is 0.191. The highest BCUT2D eigenvalue weighted by atomic mass is 16.6. The van der Waals surface area contributed by atoms with Crippen LogP contribution >= 0.6 is 0 Å². The summed E-state index contributed by atoms with van der Waals surface area (Å²) in [5, 5.41) is 3.57. The van der Waals surface area contributed by atoms with Gasteiger partial charge in [0.05, 0.1) is 0 Å². The molecule has 2 rings (SSSR count). The number of amides is 1. The molecule has 1 fully saturated rings. The monoisotopic (exact) mass is 308 g/mol. The first-order valence-corrected chi connectivity index (χ1v) is 8.13. The van der Waals surface area contributed by atoms with Crippen LogP contribution in [0.4, 0.5) is 4.79 Å². The van der Waals surface area contributed by atoms with Gasteiger partial charge in [-0.25, -0.2) is 9.78 Å². The Kier molecular flexibility index (Phi) is 5.83. The van der Waals surface area contributed by atoms with E-state index in [1.165, 1.54) is 0 Å². The lowest BCUT2D eigenvalue weighted by Crippen LogP contribution is -2.46. The molecule has 1 amide bonds. The van der Waals surface area contributed by atoms with Crippen molar-refractivity contribution in [1.29, 1.82) is 0 Å². The van der Waals surface area contributed by atoms with Crippen molar-refractivity contribution in [2.45, 2.75) is 58.1 Å². The highest BCUT2D eigenvalue weighted by Gasteiger charge is 2.26. The quantitative estimate of drug-likeness (QED) is 0.819. The largest absolute Gasteiger partial charge is 0.444 e. The zero-order chi connectivity index (χ0) is 16.0. The number of aromatic amines is 1. The van der Waals surface area contributed by atoms with Crippen LogP contribution < -0.4 is 5.32 Å². The molecule has 2 heterocycles. The molecule has 0 bridgehead atoms. The molecule has 2 N–H and O–H groups in total. The van der Waals surface area contributed by atoms with Gasteiger partial charge in [-0.15, -0.1) is 0 Å². The number of ether oxygens (including phenoxy) is 1. The highest BCUT2D eigenvalue weighted by Crippen LogP contribution is 2.15. The molecule has 0 spiro atoms. The number of hydrogen-bond donors (Lipinski definition) is 2. The van der Waals surface area contributed by atoms with Crippen LogP contribution in [-0.4, -0.2) is 52.2 Å². The van der Waals surface area contributed by atoms with Gasteiger partial charge in [-0.05, 0) is 46.6 Å². The topological polar surface area (TPSA) is 70.2 Å². The number of piperidine rings is 1. The summed E-state index contributed by atoms with van der Waals surface area (Å²) in [7, 11) is 0. The Morgan fingerprint density at radius 3 is 2.77 bits per heavy atom. The predicted molar refractivity (Wildman–Crippen MR) is 85.7 cm³/mol.